The van der Waals surface area contributed by atoms with Crippen LogP contribution >= 0.6 is 11.6 Å². The van der Waals surface area contributed by atoms with Crippen molar-refractivity contribution in [1.29, 1.82) is 0 Å². The van der Waals surface area contributed by atoms with Crippen LogP contribution in [0.25, 0.3) is 11.3 Å². The number of amides is 1. The van der Waals surface area contributed by atoms with E-state index in [-0.39, 0.29) is 17.4 Å². The van der Waals surface area contributed by atoms with Crippen LogP contribution < -0.4 is 10.1 Å². The van der Waals surface area contributed by atoms with Gasteiger partial charge in [-0.25, -0.2) is 4.98 Å². The lowest BCUT2D eigenvalue weighted by Gasteiger charge is -2.14. The minimum absolute atomic E-state index is 0.0115. The molecule has 1 amide bonds. The van der Waals surface area contributed by atoms with Gasteiger partial charge in [-0.05, 0) is 49.6 Å². The summed E-state index contributed by atoms with van der Waals surface area (Å²) in [7, 11) is 0. The first-order chi connectivity index (χ1) is 14.6. The van der Waals surface area contributed by atoms with Crippen LogP contribution in [-0.4, -0.2) is 28.5 Å². The highest BCUT2D eigenvalue weighted by molar-refractivity contribution is 6.32. The van der Waals surface area contributed by atoms with Gasteiger partial charge in [0.25, 0.3) is 5.91 Å². The molecule has 0 aliphatic carbocycles. The lowest BCUT2D eigenvalue weighted by atomic mass is 9.96. The highest BCUT2D eigenvalue weighted by Gasteiger charge is 2.17. The molecule has 2 N–H and O–H groups in total. The van der Waals surface area contributed by atoms with Crippen molar-refractivity contribution < 1.29 is 9.53 Å². The predicted octanol–water partition coefficient (Wildman–Crippen LogP) is 5.79. The van der Waals surface area contributed by atoms with Crippen LogP contribution in [0.5, 0.6) is 5.75 Å². The molecule has 0 saturated heterocycles. The number of hydrogen-bond acceptors (Lipinski definition) is 3. The van der Waals surface area contributed by atoms with Crippen LogP contribution in [0.1, 0.15) is 56.4 Å². The molecule has 0 unspecified atom stereocenters. The number of halogens is 1. The second-order valence-electron chi connectivity index (χ2n) is 8.91. The molecule has 6 heteroatoms. The van der Waals surface area contributed by atoms with Gasteiger partial charge in [-0.15, -0.1) is 0 Å². The summed E-state index contributed by atoms with van der Waals surface area (Å²) < 4.78 is 5.61. The van der Waals surface area contributed by atoms with Gasteiger partial charge in [0, 0.05) is 17.5 Å². The van der Waals surface area contributed by atoms with Crippen molar-refractivity contribution in [2.45, 2.75) is 52.6 Å². The third-order valence-corrected chi connectivity index (χ3v) is 5.10. The largest absolute Gasteiger partial charge is 0.489 e. The highest BCUT2D eigenvalue weighted by Crippen LogP contribution is 2.26. The Balaban J connectivity index is 1.54. The predicted molar refractivity (Wildman–Crippen MR) is 126 cm³/mol. The number of nitrogens with zero attached hydrogens (tertiary/aromatic N) is 1. The summed E-state index contributed by atoms with van der Waals surface area (Å²) in [5.74, 6) is 1.40. The fraction of sp³-hybridized carbons (Fsp3) is 0.360. The third-order valence-electron chi connectivity index (χ3n) is 4.81. The Morgan fingerprint density at radius 2 is 1.87 bits per heavy atom. The lowest BCUT2D eigenvalue weighted by Crippen LogP contribution is -2.25. The number of imidazole rings is 1. The number of ether oxygens (including phenoxy) is 1. The average molecular weight is 440 g/mol. The molecule has 2 aromatic carbocycles. The molecule has 0 aliphatic rings. The summed E-state index contributed by atoms with van der Waals surface area (Å²) in [6.45, 7) is 10.8. The number of carbonyl (C=O) groups is 1. The maximum absolute atomic E-state index is 12.4. The normalized spacial score (nSPS) is 11.6. The second-order valence-corrected chi connectivity index (χ2v) is 9.32. The van der Waals surface area contributed by atoms with E-state index in [0.717, 1.165) is 29.1 Å². The monoisotopic (exact) mass is 439 g/mol. The SMILES string of the molecule is CC(C)Oc1ccc(C(=O)NCCc2ccc(-c3cnc(C(C)(C)C)[nH]3)cc2)cc1Cl. The average Bonchev–Trinajstić information content (AvgIpc) is 3.20. The molecule has 31 heavy (non-hydrogen) atoms. The van der Waals surface area contributed by atoms with E-state index in [0.29, 0.717) is 22.9 Å². The summed E-state index contributed by atoms with van der Waals surface area (Å²) >= 11 is 6.23. The van der Waals surface area contributed by atoms with E-state index in [4.69, 9.17) is 16.3 Å². The molecule has 0 spiro atoms. The molecule has 1 aromatic heterocycles. The molecule has 0 bridgehead atoms. The molecular formula is C25H30ClN3O2. The molecule has 0 fully saturated rings. The van der Waals surface area contributed by atoms with Gasteiger partial charge in [-0.2, -0.15) is 0 Å². The number of nitrogens with one attached hydrogen (secondary N) is 2. The van der Waals surface area contributed by atoms with Gasteiger partial charge >= 0.3 is 0 Å². The quantitative estimate of drug-likeness (QED) is 0.489. The van der Waals surface area contributed by atoms with Gasteiger partial charge in [0.15, 0.2) is 0 Å². The summed E-state index contributed by atoms with van der Waals surface area (Å²) in [5, 5.41) is 3.38. The van der Waals surface area contributed by atoms with Crippen LogP contribution in [0.2, 0.25) is 5.02 Å². The van der Waals surface area contributed by atoms with Crippen LogP contribution in [0.3, 0.4) is 0 Å². The number of hydrogen-bond donors (Lipinski definition) is 2. The van der Waals surface area contributed by atoms with Crippen molar-refractivity contribution in [3.8, 4) is 17.0 Å². The first-order valence-electron chi connectivity index (χ1n) is 10.5. The molecule has 164 valence electrons. The zero-order valence-corrected chi connectivity index (χ0v) is 19.5. The zero-order chi connectivity index (χ0) is 22.6. The lowest BCUT2D eigenvalue weighted by molar-refractivity contribution is 0.0954. The molecule has 1 heterocycles. The van der Waals surface area contributed by atoms with Crippen molar-refractivity contribution in [3.63, 3.8) is 0 Å². The number of aromatic nitrogens is 2. The fourth-order valence-corrected chi connectivity index (χ4v) is 3.34. The maximum Gasteiger partial charge on any atom is 0.251 e. The van der Waals surface area contributed by atoms with Crippen LogP contribution in [0.4, 0.5) is 0 Å². The molecule has 0 atom stereocenters. The summed E-state index contributed by atoms with van der Waals surface area (Å²) in [6.07, 6.45) is 2.64. The molecule has 5 nitrogen and oxygen atoms in total. The topological polar surface area (TPSA) is 67.0 Å². The Bertz CT molecular complexity index is 1030. The van der Waals surface area contributed by atoms with Crippen LogP contribution in [0, 0.1) is 0 Å². The minimum Gasteiger partial charge on any atom is -0.489 e. The van der Waals surface area contributed by atoms with E-state index in [2.05, 4.69) is 60.3 Å². The van der Waals surface area contributed by atoms with Gasteiger partial charge in [0.1, 0.15) is 11.6 Å². The number of H-pyrrole nitrogens is 1. The van der Waals surface area contributed by atoms with E-state index >= 15 is 0 Å². The van der Waals surface area contributed by atoms with Crippen molar-refractivity contribution in [2.75, 3.05) is 6.54 Å². The van der Waals surface area contributed by atoms with E-state index < -0.39 is 0 Å². The van der Waals surface area contributed by atoms with Crippen molar-refractivity contribution in [2.24, 2.45) is 0 Å². The van der Waals surface area contributed by atoms with Gasteiger partial charge in [0.05, 0.1) is 23.0 Å². The number of benzene rings is 2. The Kier molecular flexibility index (Phi) is 7.06. The Hall–Kier alpha value is -2.79. The van der Waals surface area contributed by atoms with Gasteiger partial charge in [-0.1, -0.05) is 56.6 Å². The summed E-state index contributed by atoms with van der Waals surface area (Å²) in [6, 6.07) is 13.4. The molecule has 0 aliphatic heterocycles. The van der Waals surface area contributed by atoms with Crippen molar-refractivity contribution in [3.05, 3.63) is 70.6 Å². The van der Waals surface area contributed by atoms with Crippen LogP contribution in [-0.2, 0) is 11.8 Å². The maximum atomic E-state index is 12.4. The molecule has 3 rings (SSSR count). The third kappa shape index (κ3) is 6.11. The second kappa shape index (κ2) is 9.56. The van der Waals surface area contributed by atoms with E-state index in [9.17, 15) is 4.79 Å². The van der Waals surface area contributed by atoms with Crippen molar-refractivity contribution >= 4 is 17.5 Å². The first-order valence-corrected chi connectivity index (χ1v) is 10.9. The summed E-state index contributed by atoms with van der Waals surface area (Å²) in [5.41, 5.74) is 3.76. The Morgan fingerprint density at radius 3 is 2.45 bits per heavy atom. The van der Waals surface area contributed by atoms with Gasteiger partial charge in [0.2, 0.25) is 0 Å². The number of carbonyl (C=O) groups excluding carboxylic acids is 1. The van der Waals surface area contributed by atoms with Gasteiger partial charge < -0.3 is 15.0 Å². The van der Waals surface area contributed by atoms with E-state index in [1.54, 1.807) is 18.2 Å². The number of aromatic amines is 1. The smallest absolute Gasteiger partial charge is 0.251 e. The molecule has 0 radical (unpaired) electrons. The first kappa shape index (κ1) is 22.9. The van der Waals surface area contributed by atoms with Gasteiger partial charge in [-0.3, -0.25) is 4.79 Å². The molecule has 3 aromatic rings. The standard InChI is InChI=1S/C25H30ClN3O2/c1-16(2)31-22-11-10-19(14-20(22)26)23(30)27-13-12-17-6-8-18(9-7-17)21-15-28-24(29-21)25(3,4)5/h6-11,14-16H,12-13H2,1-5H3,(H,27,30)(H,28,29). The highest BCUT2D eigenvalue weighted by atomic mass is 35.5. The fourth-order valence-electron chi connectivity index (χ4n) is 3.11. The van der Waals surface area contributed by atoms with E-state index in [1.807, 2.05) is 20.0 Å². The molecular weight excluding hydrogens is 410 g/mol. The number of rotatable bonds is 7. The Labute approximate surface area is 189 Å². The van der Waals surface area contributed by atoms with E-state index in [1.165, 1.54) is 0 Å². The molecule has 0 saturated carbocycles. The zero-order valence-electron chi connectivity index (χ0n) is 18.8. The Morgan fingerprint density at radius 1 is 1.16 bits per heavy atom. The van der Waals surface area contributed by atoms with Crippen LogP contribution in [0.15, 0.2) is 48.7 Å². The minimum atomic E-state index is -0.151. The summed E-state index contributed by atoms with van der Waals surface area (Å²) in [4.78, 5) is 20.3. The van der Waals surface area contributed by atoms with Crippen molar-refractivity contribution in [1.82, 2.24) is 15.3 Å².